The Labute approximate surface area is 145 Å². The highest BCUT2D eigenvalue weighted by Crippen LogP contribution is 2.33. The van der Waals surface area contributed by atoms with Crippen LogP contribution in [0, 0.1) is 5.82 Å². The van der Waals surface area contributed by atoms with Crippen molar-refractivity contribution >= 4 is 28.9 Å². The Bertz CT molecular complexity index is 676. The van der Waals surface area contributed by atoms with E-state index in [-0.39, 0.29) is 17.7 Å². The lowest BCUT2D eigenvalue weighted by molar-refractivity contribution is -0.113. The molecule has 0 saturated carbocycles. The number of hydrogen-bond donors (Lipinski definition) is 2. The fraction of sp³-hybridized carbons (Fsp3) is 0.412. The molecule has 130 valence electrons. The molecule has 0 radical (unpaired) electrons. The maximum absolute atomic E-state index is 13.0. The fourth-order valence-electron chi connectivity index (χ4n) is 2.43. The predicted molar refractivity (Wildman–Crippen MR) is 96.5 cm³/mol. The van der Waals surface area contributed by atoms with E-state index in [1.807, 2.05) is 13.8 Å². The van der Waals surface area contributed by atoms with Crippen LogP contribution < -0.4 is 5.32 Å². The van der Waals surface area contributed by atoms with Gasteiger partial charge in [0.2, 0.25) is 0 Å². The summed E-state index contributed by atoms with van der Waals surface area (Å²) in [6.07, 6.45) is 1.55. The van der Waals surface area contributed by atoms with Crippen molar-refractivity contribution in [2.75, 3.05) is 19.6 Å². The van der Waals surface area contributed by atoms with Crippen molar-refractivity contribution in [1.82, 2.24) is 10.2 Å². The van der Waals surface area contributed by atoms with Crippen LogP contribution in [-0.4, -0.2) is 46.8 Å². The van der Waals surface area contributed by atoms with Crippen LogP contribution in [0.15, 0.2) is 28.1 Å². The molecule has 2 aliphatic heterocycles. The first-order chi connectivity index (χ1) is 11.5. The van der Waals surface area contributed by atoms with E-state index in [2.05, 4.69) is 22.1 Å². The van der Waals surface area contributed by atoms with Crippen molar-refractivity contribution in [1.29, 1.82) is 0 Å². The average molecular weight is 351 g/mol. The summed E-state index contributed by atoms with van der Waals surface area (Å²) in [5.41, 5.74) is 0.405. The number of carbonyl (C=O) groups excluding carboxylic acids is 1. The number of amidine groups is 1. The summed E-state index contributed by atoms with van der Waals surface area (Å²) in [5.74, 6) is -1.03. The van der Waals surface area contributed by atoms with Gasteiger partial charge in [-0.3, -0.25) is 4.79 Å². The lowest BCUT2D eigenvalue weighted by Crippen LogP contribution is -2.51. The molecule has 5 nitrogen and oxygen atoms in total. The zero-order chi connectivity index (χ0) is 17.7. The van der Waals surface area contributed by atoms with E-state index in [0.717, 1.165) is 25.7 Å². The van der Waals surface area contributed by atoms with Gasteiger partial charge in [-0.15, -0.1) is 0 Å². The van der Waals surface area contributed by atoms with Crippen LogP contribution in [0.4, 0.5) is 4.39 Å². The van der Waals surface area contributed by atoms with Gasteiger partial charge in [0, 0.05) is 37.3 Å². The summed E-state index contributed by atoms with van der Waals surface area (Å²) in [6.45, 7) is 8.59. The second-order valence-corrected chi connectivity index (χ2v) is 6.27. The van der Waals surface area contributed by atoms with E-state index in [1.54, 1.807) is 6.08 Å². The normalized spacial score (nSPS) is 22.2. The summed E-state index contributed by atoms with van der Waals surface area (Å²) in [7, 11) is 0. The molecule has 1 atom stereocenters. The number of hydrogen-bond acceptors (Lipinski definition) is 5. The topological polar surface area (TPSA) is 64.9 Å². The van der Waals surface area contributed by atoms with Gasteiger partial charge in [-0.05, 0) is 36.9 Å². The van der Waals surface area contributed by atoms with Crippen LogP contribution in [0.1, 0.15) is 26.3 Å². The van der Waals surface area contributed by atoms with Crippen LogP contribution in [0.25, 0.3) is 6.08 Å². The zero-order valence-electron chi connectivity index (χ0n) is 14.0. The maximum Gasteiger partial charge on any atom is 0.286 e. The molecule has 2 heterocycles. The minimum Gasteiger partial charge on any atom is -0.507 e. The Morgan fingerprint density at radius 1 is 1.46 bits per heavy atom. The number of nitrogens with zero attached hydrogens (tertiary/aromatic N) is 2. The molecule has 1 aromatic carbocycles. The molecule has 2 aliphatic rings. The number of aliphatic imine (C=N–C) groups is 1. The van der Waals surface area contributed by atoms with Gasteiger partial charge in [-0.25, -0.2) is 4.39 Å². The molecule has 0 aromatic heterocycles. The van der Waals surface area contributed by atoms with E-state index in [9.17, 15) is 14.3 Å². The third-order valence-electron chi connectivity index (χ3n) is 3.64. The maximum atomic E-state index is 13.0. The van der Waals surface area contributed by atoms with Gasteiger partial charge in [-0.1, -0.05) is 13.8 Å². The third kappa shape index (κ3) is 4.15. The summed E-state index contributed by atoms with van der Waals surface area (Å²) in [4.78, 5) is 18.7. The Hall–Kier alpha value is -1.86. The molecule has 1 aromatic rings. The van der Waals surface area contributed by atoms with Crippen molar-refractivity contribution in [3.05, 3.63) is 34.5 Å². The summed E-state index contributed by atoms with van der Waals surface area (Å²) < 4.78 is 13.0. The van der Waals surface area contributed by atoms with Crippen molar-refractivity contribution < 1.29 is 14.3 Å². The lowest BCUT2D eigenvalue weighted by Gasteiger charge is -2.34. The smallest absolute Gasteiger partial charge is 0.286 e. The molecule has 24 heavy (non-hydrogen) atoms. The largest absolute Gasteiger partial charge is 0.507 e. The number of benzene rings is 1. The highest BCUT2D eigenvalue weighted by Gasteiger charge is 2.30. The van der Waals surface area contributed by atoms with E-state index in [0.29, 0.717) is 15.6 Å². The second kappa shape index (κ2) is 8.30. The van der Waals surface area contributed by atoms with E-state index in [1.165, 1.54) is 23.9 Å². The zero-order valence-corrected chi connectivity index (χ0v) is 14.9. The monoisotopic (exact) mass is 351 g/mol. The highest BCUT2D eigenvalue weighted by atomic mass is 32.2. The molecule has 1 unspecified atom stereocenters. The van der Waals surface area contributed by atoms with Gasteiger partial charge in [-0.2, -0.15) is 4.99 Å². The Morgan fingerprint density at radius 2 is 2.21 bits per heavy atom. The van der Waals surface area contributed by atoms with Gasteiger partial charge in [0.15, 0.2) is 5.17 Å². The van der Waals surface area contributed by atoms with Crippen LogP contribution in [0.5, 0.6) is 5.75 Å². The second-order valence-electron chi connectivity index (χ2n) is 5.26. The first-order valence-corrected chi connectivity index (χ1v) is 8.84. The number of amides is 1. The van der Waals surface area contributed by atoms with Crippen molar-refractivity contribution in [2.24, 2.45) is 4.99 Å². The molecule has 1 amide bonds. The molecule has 2 N–H and O–H groups in total. The van der Waals surface area contributed by atoms with Gasteiger partial charge in [0.05, 0.1) is 4.91 Å². The predicted octanol–water partition coefficient (Wildman–Crippen LogP) is 2.82. The molecule has 7 heteroatoms. The molecular weight excluding hydrogens is 329 g/mol. The number of halogens is 1. The van der Waals surface area contributed by atoms with Crippen LogP contribution >= 0.6 is 11.8 Å². The standard InChI is InChI=1S/C15H16FN3O2S.C2H6/c1-9-8-17-4-5-19(9)15-18-14(21)13(22-15)6-10-2-3-11(16)7-12(10)20;1-2/h2-3,6-7,9,17,20H,4-5,8H2,1H3;1-2H3/b13-6-;. The number of thioether (sulfide) groups is 1. The lowest BCUT2D eigenvalue weighted by atomic mass is 10.2. The van der Waals surface area contributed by atoms with Gasteiger partial charge in [0.25, 0.3) is 5.91 Å². The first kappa shape index (κ1) is 18.5. The Balaban J connectivity index is 0.00000100. The molecular formula is C17H22FN3O2S. The SMILES string of the molecule is CC.CC1CNCCN1C1=NC(=O)/C(=C/c2ccc(F)cc2O)S1. The molecule has 0 spiro atoms. The minimum absolute atomic E-state index is 0.190. The van der Waals surface area contributed by atoms with E-state index in [4.69, 9.17) is 0 Å². The van der Waals surface area contributed by atoms with Crippen LogP contribution in [0.2, 0.25) is 0 Å². The molecule has 1 saturated heterocycles. The highest BCUT2D eigenvalue weighted by molar-refractivity contribution is 8.18. The Morgan fingerprint density at radius 3 is 2.88 bits per heavy atom. The fourth-order valence-corrected chi connectivity index (χ4v) is 3.46. The molecule has 0 aliphatic carbocycles. The van der Waals surface area contributed by atoms with Crippen molar-refractivity contribution in [3.8, 4) is 5.75 Å². The number of phenols is 1. The van der Waals surface area contributed by atoms with Crippen molar-refractivity contribution in [2.45, 2.75) is 26.8 Å². The third-order valence-corrected chi connectivity index (χ3v) is 4.66. The molecule has 3 rings (SSSR count). The van der Waals surface area contributed by atoms with E-state index < -0.39 is 5.82 Å². The van der Waals surface area contributed by atoms with Crippen LogP contribution in [0.3, 0.4) is 0 Å². The van der Waals surface area contributed by atoms with Gasteiger partial charge >= 0.3 is 0 Å². The number of nitrogens with one attached hydrogen (secondary N) is 1. The molecule has 1 fully saturated rings. The summed E-state index contributed by atoms with van der Waals surface area (Å²) >= 11 is 1.29. The van der Waals surface area contributed by atoms with Gasteiger partial charge in [0.1, 0.15) is 11.6 Å². The number of carbonyl (C=O) groups is 1. The number of aromatic hydroxyl groups is 1. The molecule has 0 bridgehead atoms. The first-order valence-electron chi connectivity index (χ1n) is 8.03. The number of rotatable bonds is 1. The number of piperazine rings is 1. The summed E-state index contributed by atoms with van der Waals surface area (Å²) in [6, 6.07) is 3.98. The van der Waals surface area contributed by atoms with Crippen LogP contribution in [-0.2, 0) is 4.79 Å². The van der Waals surface area contributed by atoms with E-state index >= 15 is 0 Å². The minimum atomic E-state index is -0.517. The van der Waals surface area contributed by atoms with Gasteiger partial charge < -0.3 is 15.3 Å². The Kier molecular flexibility index (Phi) is 6.39. The van der Waals surface area contributed by atoms with Crippen molar-refractivity contribution in [3.63, 3.8) is 0 Å². The quantitative estimate of drug-likeness (QED) is 0.762. The summed E-state index contributed by atoms with van der Waals surface area (Å²) in [5, 5.41) is 13.7. The number of phenolic OH excluding ortho intramolecular Hbond substituents is 1. The average Bonchev–Trinajstić information content (AvgIpc) is 2.93.